The van der Waals surface area contributed by atoms with E-state index >= 15 is 0 Å². The molecule has 1 rings (SSSR count). The summed E-state index contributed by atoms with van der Waals surface area (Å²) in [6, 6.07) is 0.700. The third kappa shape index (κ3) is 4.84. The zero-order valence-corrected chi connectivity index (χ0v) is 11.6. The zero-order chi connectivity index (χ0) is 12.0. The van der Waals surface area contributed by atoms with Gasteiger partial charge in [0.1, 0.15) is 0 Å². The number of nitrogens with one attached hydrogen (secondary N) is 1. The molecule has 1 atom stereocenters. The van der Waals surface area contributed by atoms with Crippen LogP contribution in [0.3, 0.4) is 0 Å². The van der Waals surface area contributed by atoms with Gasteiger partial charge in [0.25, 0.3) is 0 Å². The number of likely N-dealkylation sites (tertiary alicyclic amines) is 1. The molecule has 0 aromatic heterocycles. The summed E-state index contributed by atoms with van der Waals surface area (Å²) in [5.74, 6) is 1.66. The first-order chi connectivity index (χ1) is 7.63. The molecular weight excluding hydrogens is 196 g/mol. The molecule has 0 aromatic carbocycles. The maximum absolute atomic E-state index is 3.68. The monoisotopic (exact) mass is 226 g/mol. The van der Waals surface area contributed by atoms with Gasteiger partial charge in [-0.15, -0.1) is 0 Å². The highest BCUT2D eigenvalue weighted by molar-refractivity contribution is 4.79. The molecule has 2 heteroatoms. The maximum Gasteiger partial charge on any atom is 0.00680 e. The highest BCUT2D eigenvalue weighted by Gasteiger charge is 2.22. The first-order valence-electron chi connectivity index (χ1n) is 7.09. The molecule has 0 saturated carbocycles. The van der Waals surface area contributed by atoms with Crippen molar-refractivity contribution in [3.05, 3.63) is 0 Å². The Kier molecular flexibility index (Phi) is 6.37. The normalized spacial score (nSPS) is 21.6. The van der Waals surface area contributed by atoms with Crippen LogP contribution in [0.5, 0.6) is 0 Å². The van der Waals surface area contributed by atoms with Crippen molar-refractivity contribution < 1.29 is 0 Å². The maximum atomic E-state index is 3.68. The van der Waals surface area contributed by atoms with Crippen molar-refractivity contribution in [2.24, 2.45) is 11.8 Å². The zero-order valence-electron chi connectivity index (χ0n) is 11.6. The van der Waals surface area contributed by atoms with Gasteiger partial charge in [0.2, 0.25) is 0 Å². The molecule has 1 unspecified atom stereocenters. The van der Waals surface area contributed by atoms with E-state index in [0.29, 0.717) is 6.04 Å². The van der Waals surface area contributed by atoms with Crippen molar-refractivity contribution in [3.63, 3.8) is 0 Å². The summed E-state index contributed by atoms with van der Waals surface area (Å²) in [6.45, 7) is 14.3. The Labute approximate surface area is 102 Å². The van der Waals surface area contributed by atoms with Crippen LogP contribution >= 0.6 is 0 Å². The van der Waals surface area contributed by atoms with E-state index < -0.39 is 0 Å². The molecule has 0 aromatic rings. The summed E-state index contributed by atoms with van der Waals surface area (Å²) in [7, 11) is 0. The van der Waals surface area contributed by atoms with E-state index in [4.69, 9.17) is 0 Å². The molecule has 0 bridgehead atoms. The fourth-order valence-electron chi connectivity index (χ4n) is 2.58. The van der Waals surface area contributed by atoms with E-state index in [2.05, 4.69) is 37.9 Å². The van der Waals surface area contributed by atoms with Gasteiger partial charge in [-0.2, -0.15) is 0 Å². The van der Waals surface area contributed by atoms with Crippen LogP contribution in [-0.4, -0.2) is 37.1 Å². The molecule has 1 aliphatic rings. The van der Waals surface area contributed by atoms with E-state index in [9.17, 15) is 0 Å². The standard InChI is InChI=1S/C14H30N2/c1-5-8-16-9-6-14(7-10-16)13(4)15-11-12(2)3/h12-15H,5-11H2,1-4H3. The van der Waals surface area contributed by atoms with Crippen molar-refractivity contribution in [1.82, 2.24) is 10.2 Å². The van der Waals surface area contributed by atoms with Crippen LogP contribution < -0.4 is 5.32 Å². The Morgan fingerprint density at radius 3 is 2.31 bits per heavy atom. The molecule has 1 heterocycles. The number of rotatable bonds is 6. The van der Waals surface area contributed by atoms with Crippen LogP contribution in [-0.2, 0) is 0 Å². The summed E-state index contributed by atoms with van der Waals surface area (Å²) >= 11 is 0. The Morgan fingerprint density at radius 2 is 1.81 bits per heavy atom. The number of piperidine rings is 1. The van der Waals surface area contributed by atoms with E-state index in [1.165, 1.54) is 38.9 Å². The lowest BCUT2D eigenvalue weighted by Crippen LogP contribution is -2.43. The summed E-state index contributed by atoms with van der Waals surface area (Å²) in [6.07, 6.45) is 4.06. The van der Waals surface area contributed by atoms with Crippen molar-refractivity contribution in [1.29, 1.82) is 0 Å². The van der Waals surface area contributed by atoms with Gasteiger partial charge < -0.3 is 10.2 Å². The molecule has 0 spiro atoms. The molecule has 16 heavy (non-hydrogen) atoms. The Hall–Kier alpha value is -0.0800. The Balaban J connectivity index is 2.19. The van der Waals surface area contributed by atoms with Gasteiger partial charge in [-0.05, 0) is 64.2 Å². The van der Waals surface area contributed by atoms with Gasteiger partial charge in [0.15, 0.2) is 0 Å². The molecule has 0 radical (unpaired) electrons. The lowest BCUT2D eigenvalue weighted by Gasteiger charge is -2.35. The fourth-order valence-corrected chi connectivity index (χ4v) is 2.58. The molecule has 96 valence electrons. The third-order valence-corrected chi connectivity index (χ3v) is 3.73. The van der Waals surface area contributed by atoms with Crippen LogP contribution in [0.1, 0.15) is 47.0 Å². The van der Waals surface area contributed by atoms with Gasteiger partial charge in [0.05, 0.1) is 0 Å². The molecule has 0 amide bonds. The van der Waals surface area contributed by atoms with Crippen LogP contribution in [0, 0.1) is 11.8 Å². The van der Waals surface area contributed by atoms with Gasteiger partial charge in [-0.3, -0.25) is 0 Å². The summed E-state index contributed by atoms with van der Waals surface area (Å²) < 4.78 is 0. The number of hydrogen-bond donors (Lipinski definition) is 1. The molecule has 2 nitrogen and oxygen atoms in total. The van der Waals surface area contributed by atoms with Crippen molar-refractivity contribution in [3.8, 4) is 0 Å². The molecule has 1 fully saturated rings. The fraction of sp³-hybridized carbons (Fsp3) is 1.00. The highest BCUT2D eigenvalue weighted by Crippen LogP contribution is 2.20. The average molecular weight is 226 g/mol. The number of hydrogen-bond acceptors (Lipinski definition) is 2. The SMILES string of the molecule is CCCN1CCC(C(C)NCC(C)C)CC1. The van der Waals surface area contributed by atoms with Gasteiger partial charge in [-0.1, -0.05) is 20.8 Å². The van der Waals surface area contributed by atoms with Gasteiger partial charge >= 0.3 is 0 Å². The van der Waals surface area contributed by atoms with E-state index in [1.54, 1.807) is 0 Å². The van der Waals surface area contributed by atoms with Crippen LogP contribution in [0.2, 0.25) is 0 Å². The summed E-state index contributed by atoms with van der Waals surface area (Å²) in [5, 5.41) is 3.68. The van der Waals surface area contributed by atoms with Crippen molar-refractivity contribution >= 4 is 0 Å². The minimum Gasteiger partial charge on any atom is -0.314 e. The lowest BCUT2D eigenvalue weighted by molar-refractivity contribution is 0.161. The van der Waals surface area contributed by atoms with Gasteiger partial charge in [0, 0.05) is 6.04 Å². The molecule has 1 N–H and O–H groups in total. The molecule has 1 aliphatic heterocycles. The second-order valence-corrected chi connectivity index (χ2v) is 5.77. The topological polar surface area (TPSA) is 15.3 Å². The minimum absolute atomic E-state index is 0.700. The van der Waals surface area contributed by atoms with E-state index in [1.807, 2.05) is 0 Å². The van der Waals surface area contributed by atoms with Crippen molar-refractivity contribution in [2.75, 3.05) is 26.2 Å². The quantitative estimate of drug-likeness (QED) is 0.749. The first kappa shape index (κ1) is 14.0. The largest absolute Gasteiger partial charge is 0.314 e. The minimum atomic E-state index is 0.700. The van der Waals surface area contributed by atoms with E-state index in [0.717, 1.165) is 18.4 Å². The molecular formula is C14H30N2. The molecule has 0 aliphatic carbocycles. The average Bonchev–Trinajstić information content (AvgIpc) is 2.27. The van der Waals surface area contributed by atoms with Crippen LogP contribution in [0.15, 0.2) is 0 Å². The Bertz CT molecular complexity index is 172. The first-order valence-corrected chi connectivity index (χ1v) is 7.09. The Morgan fingerprint density at radius 1 is 1.19 bits per heavy atom. The van der Waals surface area contributed by atoms with E-state index in [-0.39, 0.29) is 0 Å². The van der Waals surface area contributed by atoms with Crippen LogP contribution in [0.4, 0.5) is 0 Å². The second-order valence-electron chi connectivity index (χ2n) is 5.77. The lowest BCUT2D eigenvalue weighted by atomic mass is 9.90. The second kappa shape index (κ2) is 7.29. The number of nitrogens with zero attached hydrogens (tertiary/aromatic N) is 1. The highest BCUT2D eigenvalue weighted by atomic mass is 15.1. The predicted octanol–water partition coefficient (Wildman–Crippen LogP) is 2.74. The van der Waals surface area contributed by atoms with Crippen LogP contribution in [0.25, 0.3) is 0 Å². The summed E-state index contributed by atoms with van der Waals surface area (Å²) in [5.41, 5.74) is 0. The molecule has 1 saturated heterocycles. The van der Waals surface area contributed by atoms with Gasteiger partial charge in [-0.25, -0.2) is 0 Å². The summed E-state index contributed by atoms with van der Waals surface area (Å²) in [4.78, 5) is 2.62. The van der Waals surface area contributed by atoms with Crippen molar-refractivity contribution in [2.45, 2.75) is 53.0 Å². The third-order valence-electron chi connectivity index (χ3n) is 3.73. The smallest absolute Gasteiger partial charge is 0.00680 e. The predicted molar refractivity (Wildman–Crippen MR) is 71.8 cm³/mol.